The summed E-state index contributed by atoms with van der Waals surface area (Å²) < 4.78 is 62.5. The second kappa shape index (κ2) is 4.52. The van der Waals surface area contributed by atoms with E-state index in [1.165, 1.54) is 0 Å². The number of rotatable bonds is 2. The van der Waals surface area contributed by atoms with Crippen LogP contribution in [0.4, 0.5) is 22.0 Å². The molecule has 1 N–H and O–H groups in total. The quantitative estimate of drug-likeness (QED) is 0.648. The van der Waals surface area contributed by atoms with Gasteiger partial charge in [-0.25, -0.2) is 13.6 Å². The summed E-state index contributed by atoms with van der Waals surface area (Å²) in [6.45, 7) is 0. The van der Waals surface area contributed by atoms with Crippen LogP contribution in [0, 0.1) is 11.6 Å². The molecule has 1 aromatic rings. The van der Waals surface area contributed by atoms with Crippen LogP contribution in [0.1, 0.15) is 11.1 Å². The lowest BCUT2D eigenvalue weighted by Crippen LogP contribution is -2.09. The highest BCUT2D eigenvalue weighted by Crippen LogP contribution is 2.32. The fraction of sp³-hybridized carbons (Fsp3) is 0.100. The predicted molar refractivity (Wildman–Crippen MR) is 48.0 cm³/mol. The van der Waals surface area contributed by atoms with Crippen molar-refractivity contribution in [2.75, 3.05) is 0 Å². The van der Waals surface area contributed by atoms with Gasteiger partial charge in [-0.05, 0) is 18.2 Å². The standard InChI is InChI=1S/C10H5F5O2/c11-7-4-6(10(13,14)15)8(12)3-5(7)1-2-9(16)17/h1-4H,(H,16,17)/b2-1+. The maximum atomic E-state index is 13.1. The number of benzene rings is 1. The molecule has 0 spiro atoms. The van der Waals surface area contributed by atoms with Crippen molar-refractivity contribution in [1.29, 1.82) is 0 Å². The highest BCUT2D eigenvalue weighted by molar-refractivity contribution is 5.85. The van der Waals surface area contributed by atoms with Gasteiger partial charge in [-0.3, -0.25) is 0 Å². The second-order valence-corrected chi connectivity index (χ2v) is 3.02. The average molecular weight is 252 g/mol. The molecule has 0 aliphatic rings. The summed E-state index contributed by atoms with van der Waals surface area (Å²) in [6.07, 6.45) is -3.84. The largest absolute Gasteiger partial charge is 0.478 e. The van der Waals surface area contributed by atoms with Crippen molar-refractivity contribution in [3.8, 4) is 0 Å². The molecule has 0 amide bonds. The molecule has 0 aliphatic heterocycles. The highest BCUT2D eigenvalue weighted by Gasteiger charge is 2.34. The van der Waals surface area contributed by atoms with Crippen LogP contribution < -0.4 is 0 Å². The molecular formula is C10H5F5O2. The highest BCUT2D eigenvalue weighted by atomic mass is 19.4. The van der Waals surface area contributed by atoms with Crippen molar-refractivity contribution in [2.45, 2.75) is 6.18 Å². The van der Waals surface area contributed by atoms with Gasteiger partial charge in [0.15, 0.2) is 0 Å². The first kappa shape index (κ1) is 13.1. The Labute approximate surface area is 92.0 Å². The van der Waals surface area contributed by atoms with Crippen LogP contribution in [0.25, 0.3) is 6.08 Å². The van der Waals surface area contributed by atoms with Gasteiger partial charge in [0.05, 0.1) is 5.56 Å². The zero-order valence-electron chi connectivity index (χ0n) is 8.05. The molecule has 0 aromatic heterocycles. The number of hydrogen-bond acceptors (Lipinski definition) is 1. The Hall–Kier alpha value is -1.92. The van der Waals surface area contributed by atoms with E-state index >= 15 is 0 Å². The number of carbonyl (C=O) groups is 1. The van der Waals surface area contributed by atoms with Crippen molar-refractivity contribution in [2.24, 2.45) is 0 Å². The van der Waals surface area contributed by atoms with E-state index in [0.717, 1.165) is 0 Å². The van der Waals surface area contributed by atoms with E-state index in [1.807, 2.05) is 0 Å². The van der Waals surface area contributed by atoms with Crippen LogP contribution in [0.2, 0.25) is 0 Å². The van der Waals surface area contributed by atoms with Gasteiger partial charge in [0, 0.05) is 11.6 Å². The maximum Gasteiger partial charge on any atom is 0.419 e. The number of carboxylic acid groups (broad SMARTS) is 1. The van der Waals surface area contributed by atoms with E-state index < -0.39 is 34.9 Å². The van der Waals surface area contributed by atoms with Crippen molar-refractivity contribution >= 4 is 12.0 Å². The Morgan fingerprint density at radius 1 is 1.18 bits per heavy atom. The Morgan fingerprint density at radius 3 is 2.24 bits per heavy atom. The van der Waals surface area contributed by atoms with Gasteiger partial charge in [-0.1, -0.05) is 0 Å². The first-order valence-electron chi connectivity index (χ1n) is 4.19. The molecule has 0 fully saturated rings. The Balaban J connectivity index is 3.23. The third kappa shape index (κ3) is 3.27. The molecular weight excluding hydrogens is 247 g/mol. The van der Waals surface area contributed by atoms with Gasteiger partial charge in [-0.2, -0.15) is 13.2 Å². The van der Waals surface area contributed by atoms with E-state index in [2.05, 4.69) is 0 Å². The zero-order chi connectivity index (χ0) is 13.2. The maximum absolute atomic E-state index is 13.1. The van der Waals surface area contributed by atoms with Crippen LogP contribution in [-0.4, -0.2) is 11.1 Å². The average Bonchev–Trinajstić information content (AvgIpc) is 2.17. The molecule has 1 rings (SSSR count). The molecule has 7 heteroatoms. The fourth-order valence-corrected chi connectivity index (χ4v) is 1.07. The summed E-state index contributed by atoms with van der Waals surface area (Å²) in [5, 5.41) is 8.24. The molecule has 0 saturated heterocycles. The second-order valence-electron chi connectivity index (χ2n) is 3.02. The Bertz CT molecular complexity index is 476. The summed E-state index contributed by atoms with van der Waals surface area (Å²) in [6, 6.07) is 0.272. The minimum absolute atomic E-state index is 0.0170. The number of alkyl halides is 3. The van der Waals surface area contributed by atoms with Crippen molar-refractivity contribution in [1.82, 2.24) is 0 Å². The van der Waals surface area contributed by atoms with E-state index in [0.29, 0.717) is 12.2 Å². The molecule has 0 heterocycles. The van der Waals surface area contributed by atoms with E-state index in [9.17, 15) is 26.7 Å². The number of carboxylic acids is 1. The van der Waals surface area contributed by atoms with Gasteiger partial charge >= 0.3 is 12.1 Å². The summed E-state index contributed by atoms with van der Waals surface area (Å²) in [4.78, 5) is 10.1. The molecule has 1 aromatic carbocycles. The molecule has 0 aliphatic carbocycles. The van der Waals surface area contributed by atoms with Gasteiger partial charge < -0.3 is 5.11 Å². The topological polar surface area (TPSA) is 37.3 Å². The third-order valence-corrected chi connectivity index (χ3v) is 1.80. The summed E-state index contributed by atoms with van der Waals surface area (Å²) in [5.74, 6) is -4.44. The molecule has 2 nitrogen and oxygen atoms in total. The van der Waals surface area contributed by atoms with Gasteiger partial charge in [-0.15, -0.1) is 0 Å². The van der Waals surface area contributed by atoms with Crippen LogP contribution in [0.15, 0.2) is 18.2 Å². The summed E-state index contributed by atoms with van der Waals surface area (Å²) >= 11 is 0. The lowest BCUT2D eigenvalue weighted by Gasteiger charge is -2.08. The lowest BCUT2D eigenvalue weighted by molar-refractivity contribution is -0.140. The molecule has 0 unspecified atom stereocenters. The predicted octanol–water partition coefficient (Wildman–Crippen LogP) is 3.08. The van der Waals surface area contributed by atoms with E-state index in [-0.39, 0.29) is 12.1 Å². The van der Waals surface area contributed by atoms with Crippen molar-refractivity contribution in [3.63, 3.8) is 0 Å². The lowest BCUT2D eigenvalue weighted by atomic mass is 10.1. The molecule has 92 valence electrons. The summed E-state index contributed by atoms with van der Waals surface area (Å²) in [7, 11) is 0. The molecule has 0 radical (unpaired) electrons. The van der Waals surface area contributed by atoms with Crippen LogP contribution >= 0.6 is 0 Å². The van der Waals surface area contributed by atoms with E-state index in [4.69, 9.17) is 5.11 Å². The Kier molecular flexibility index (Phi) is 3.50. The number of halogens is 5. The smallest absolute Gasteiger partial charge is 0.419 e. The number of hydrogen-bond donors (Lipinski definition) is 1. The minimum atomic E-state index is -5.00. The summed E-state index contributed by atoms with van der Waals surface area (Å²) in [5.41, 5.74) is -2.31. The monoisotopic (exact) mass is 252 g/mol. The molecule has 0 bridgehead atoms. The van der Waals surface area contributed by atoms with Crippen LogP contribution in [-0.2, 0) is 11.0 Å². The Morgan fingerprint density at radius 2 is 1.76 bits per heavy atom. The molecule has 0 saturated carbocycles. The van der Waals surface area contributed by atoms with Crippen molar-refractivity contribution in [3.05, 3.63) is 41.0 Å². The minimum Gasteiger partial charge on any atom is -0.478 e. The third-order valence-electron chi connectivity index (χ3n) is 1.80. The normalized spacial score (nSPS) is 12.1. The zero-order valence-corrected chi connectivity index (χ0v) is 8.05. The van der Waals surface area contributed by atoms with Gasteiger partial charge in [0.2, 0.25) is 0 Å². The van der Waals surface area contributed by atoms with Gasteiger partial charge in [0.1, 0.15) is 11.6 Å². The van der Waals surface area contributed by atoms with Gasteiger partial charge in [0.25, 0.3) is 0 Å². The number of aliphatic carboxylic acids is 1. The SMILES string of the molecule is O=C(O)/C=C/c1cc(F)c(C(F)(F)F)cc1F. The molecule has 0 atom stereocenters. The van der Waals surface area contributed by atoms with Crippen molar-refractivity contribution < 1.29 is 31.9 Å². The van der Waals surface area contributed by atoms with E-state index in [1.54, 1.807) is 0 Å². The first-order chi connectivity index (χ1) is 7.71. The van der Waals surface area contributed by atoms with Crippen LogP contribution in [0.3, 0.4) is 0 Å². The first-order valence-corrected chi connectivity index (χ1v) is 4.19. The molecule has 17 heavy (non-hydrogen) atoms. The van der Waals surface area contributed by atoms with Crippen LogP contribution in [0.5, 0.6) is 0 Å². The fourth-order valence-electron chi connectivity index (χ4n) is 1.07.